The molecule has 0 atom stereocenters. The van der Waals surface area contributed by atoms with E-state index in [0.717, 1.165) is 6.61 Å². The molecule has 0 saturated heterocycles. The zero-order valence-electron chi connectivity index (χ0n) is 5.44. The minimum absolute atomic E-state index is 0.300. The third kappa shape index (κ3) is 1.03. The summed E-state index contributed by atoms with van der Waals surface area (Å²) in [5.74, 6) is 0. The summed E-state index contributed by atoms with van der Waals surface area (Å²) in [6, 6.07) is 0. The zero-order chi connectivity index (χ0) is 6.04. The first kappa shape index (κ1) is 6.09. The second-order valence-corrected chi connectivity index (χ2v) is 2.79. The number of hydrogen-bond donors (Lipinski definition) is 0. The molecule has 1 aliphatic rings. The lowest BCUT2D eigenvalue weighted by molar-refractivity contribution is 0.0542. The van der Waals surface area contributed by atoms with Crippen LogP contribution in [-0.2, 0) is 4.74 Å². The van der Waals surface area contributed by atoms with E-state index in [1.165, 1.54) is 19.3 Å². The van der Waals surface area contributed by atoms with Crippen LogP contribution in [0.1, 0.15) is 19.3 Å². The minimum atomic E-state index is 0.300. The van der Waals surface area contributed by atoms with Gasteiger partial charge >= 0.3 is 0 Å². The maximum absolute atomic E-state index is 4.99. The van der Waals surface area contributed by atoms with Crippen LogP contribution >= 0.6 is 0 Å². The van der Waals surface area contributed by atoms with Gasteiger partial charge in [-0.25, -0.2) is 0 Å². The molecule has 1 nitrogen and oxygen atoms in total. The maximum atomic E-state index is 4.99. The van der Waals surface area contributed by atoms with E-state index in [0.29, 0.717) is 5.41 Å². The Morgan fingerprint density at radius 2 is 2.25 bits per heavy atom. The van der Waals surface area contributed by atoms with Crippen molar-refractivity contribution in [1.82, 2.24) is 0 Å². The van der Waals surface area contributed by atoms with Crippen LogP contribution in [-0.4, -0.2) is 13.7 Å². The Kier molecular flexibility index (Phi) is 1.57. The highest BCUT2D eigenvalue weighted by atomic mass is 16.5. The second kappa shape index (κ2) is 2.06. The molecule has 1 heteroatoms. The van der Waals surface area contributed by atoms with E-state index in [-0.39, 0.29) is 0 Å². The van der Waals surface area contributed by atoms with E-state index < -0.39 is 0 Å². The van der Waals surface area contributed by atoms with E-state index in [1.54, 1.807) is 7.11 Å². The smallest absolute Gasteiger partial charge is 0.0518 e. The molecule has 1 radical (unpaired) electrons. The predicted molar refractivity (Wildman–Crippen MR) is 33.5 cm³/mol. The Morgan fingerprint density at radius 1 is 1.62 bits per heavy atom. The minimum Gasteiger partial charge on any atom is -0.384 e. The van der Waals surface area contributed by atoms with E-state index in [2.05, 4.69) is 6.92 Å². The first-order chi connectivity index (χ1) is 3.77. The summed E-state index contributed by atoms with van der Waals surface area (Å²) in [4.78, 5) is 0. The number of hydrogen-bond acceptors (Lipinski definition) is 1. The molecule has 8 heavy (non-hydrogen) atoms. The molecule has 0 unspecified atom stereocenters. The van der Waals surface area contributed by atoms with Gasteiger partial charge in [0.1, 0.15) is 0 Å². The number of methoxy groups -OCH3 is 1. The van der Waals surface area contributed by atoms with Gasteiger partial charge in [0.2, 0.25) is 0 Å². The van der Waals surface area contributed by atoms with Gasteiger partial charge in [0.25, 0.3) is 0 Å². The molecule has 1 aliphatic carbocycles. The summed E-state index contributed by atoms with van der Waals surface area (Å²) in [6.07, 6.45) is 3.84. The van der Waals surface area contributed by atoms with Crippen molar-refractivity contribution in [3.8, 4) is 0 Å². The largest absolute Gasteiger partial charge is 0.384 e. The average Bonchev–Trinajstić information content (AvgIpc) is 1.64. The van der Waals surface area contributed by atoms with Crippen LogP contribution in [0.4, 0.5) is 0 Å². The SMILES string of the molecule is [CH2]C1(COC)CCC1. The number of rotatable bonds is 2. The topological polar surface area (TPSA) is 9.23 Å². The third-order valence-electron chi connectivity index (χ3n) is 1.86. The molecule has 0 bridgehead atoms. The first-order valence-corrected chi connectivity index (χ1v) is 3.11. The van der Waals surface area contributed by atoms with Gasteiger partial charge in [0.15, 0.2) is 0 Å². The van der Waals surface area contributed by atoms with E-state index >= 15 is 0 Å². The maximum Gasteiger partial charge on any atom is 0.0518 e. The standard InChI is InChI=1S/C7H13O/c1-7(6-8-2)4-3-5-7/h1,3-6H2,2H3. The summed E-state index contributed by atoms with van der Waals surface area (Å²) in [6.45, 7) is 4.88. The highest BCUT2D eigenvalue weighted by Gasteiger charge is 2.31. The van der Waals surface area contributed by atoms with Crippen molar-refractivity contribution in [3.05, 3.63) is 6.92 Å². The van der Waals surface area contributed by atoms with Gasteiger partial charge < -0.3 is 4.74 Å². The molecule has 0 amide bonds. The fourth-order valence-electron chi connectivity index (χ4n) is 1.13. The van der Waals surface area contributed by atoms with Crippen molar-refractivity contribution in [1.29, 1.82) is 0 Å². The van der Waals surface area contributed by atoms with Gasteiger partial charge in [0.05, 0.1) is 6.61 Å². The lowest BCUT2D eigenvalue weighted by Gasteiger charge is -2.37. The van der Waals surface area contributed by atoms with Gasteiger partial charge in [-0.2, -0.15) is 0 Å². The highest BCUT2D eigenvalue weighted by molar-refractivity contribution is 4.89. The Hall–Kier alpha value is -0.0400. The Morgan fingerprint density at radius 3 is 2.38 bits per heavy atom. The van der Waals surface area contributed by atoms with Crippen molar-refractivity contribution in [2.24, 2.45) is 5.41 Å². The molecule has 1 rings (SSSR count). The van der Waals surface area contributed by atoms with Crippen LogP contribution in [0.3, 0.4) is 0 Å². The van der Waals surface area contributed by atoms with Crippen LogP contribution in [0, 0.1) is 12.3 Å². The van der Waals surface area contributed by atoms with Gasteiger partial charge in [-0.3, -0.25) is 0 Å². The summed E-state index contributed by atoms with van der Waals surface area (Å²) in [7, 11) is 1.74. The molecule has 0 spiro atoms. The summed E-state index contributed by atoms with van der Waals surface area (Å²) < 4.78 is 4.99. The van der Waals surface area contributed by atoms with Gasteiger partial charge in [0, 0.05) is 7.11 Å². The van der Waals surface area contributed by atoms with Crippen molar-refractivity contribution in [2.75, 3.05) is 13.7 Å². The Bertz CT molecular complexity index is 74.5. The molecule has 1 fully saturated rings. The van der Waals surface area contributed by atoms with Crippen molar-refractivity contribution >= 4 is 0 Å². The molecule has 0 aromatic carbocycles. The van der Waals surface area contributed by atoms with E-state index in [4.69, 9.17) is 4.74 Å². The quantitative estimate of drug-likeness (QED) is 0.529. The molecule has 1 saturated carbocycles. The average molecular weight is 113 g/mol. The van der Waals surface area contributed by atoms with Gasteiger partial charge in [-0.15, -0.1) is 0 Å². The van der Waals surface area contributed by atoms with Crippen LogP contribution in [0.2, 0.25) is 0 Å². The lowest BCUT2D eigenvalue weighted by Crippen LogP contribution is -2.30. The van der Waals surface area contributed by atoms with Crippen LogP contribution < -0.4 is 0 Å². The van der Waals surface area contributed by atoms with Crippen molar-refractivity contribution in [2.45, 2.75) is 19.3 Å². The highest BCUT2D eigenvalue weighted by Crippen LogP contribution is 2.39. The third-order valence-corrected chi connectivity index (χ3v) is 1.86. The fourth-order valence-corrected chi connectivity index (χ4v) is 1.13. The molecule has 0 N–H and O–H groups in total. The molecular formula is C7H13O. The molecule has 47 valence electrons. The molecule has 0 aromatic heterocycles. The van der Waals surface area contributed by atoms with Gasteiger partial charge in [-0.05, 0) is 25.2 Å². The molecule has 0 aliphatic heterocycles. The van der Waals surface area contributed by atoms with E-state index in [1.807, 2.05) is 0 Å². The van der Waals surface area contributed by atoms with E-state index in [9.17, 15) is 0 Å². The summed E-state index contributed by atoms with van der Waals surface area (Å²) in [5, 5.41) is 0. The molecular weight excluding hydrogens is 100 g/mol. The zero-order valence-corrected chi connectivity index (χ0v) is 5.44. The Labute approximate surface area is 51.0 Å². The van der Waals surface area contributed by atoms with Crippen molar-refractivity contribution in [3.63, 3.8) is 0 Å². The van der Waals surface area contributed by atoms with Crippen molar-refractivity contribution < 1.29 is 4.74 Å². The summed E-state index contributed by atoms with van der Waals surface area (Å²) in [5.41, 5.74) is 0.300. The fraction of sp³-hybridized carbons (Fsp3) is 0.857. The Balaban J connectivity index is 2.20. The predicted octanol–water partition coefficient (Wildman–Crippen LogP) is 1.64. The van der Waals surface area contributed by atoms with Crippen LogP contribution in [0.5, 0.6) is 0 Å². The first-order valence-electron chi connectivity index (χ1n) is 3.11. The second-order valence-electron chi connectivity index (χ2n) is 2.79. The van der Waals surface area contributed by atoms with Crippen LogP contribution in [0.15, 0.2) is 0 Å². The van der Waals surface area contributed by atoms with Gasteiger partial charge in [-0.1, -0.05) is 6.42 Å². The van der Waals surface area contributed by atoms with Crippen LogP contribution in [0.25, 0.3) is 0 Å². The number of ether oxygens (including phenoxy) is 1. The molecule has 0 aromatic rings. The normalized spacial score (nSPS) is 24.8. The monoisotopic (exact) mass is 113 g/mol. The molecule has 0 heterocycles. The summed E-state index contributed by atoms with van der Waals surface area (Å²) >= 11 is 0. The lowest BCUT2D eigenvalue weighted by atomic mass is 9.71.